The highest BCUT2D eigenvalue weighted by Crippen LogP contribution is 2.31. The van der Waals surface area contributed by atoms with E-state index in [2.05, 4.69) is 5.32 Å². The van der Waals surface area contributed by atoms with E-state index in [9.17, 15) is 9.59 Å². The fraction of sp³-hybridized carbons (Fsp3) is 0.217. The van der Waals surface area contributed by atoms with E-state index in [4.69, 9.17) is 20.4 Å². The second kappa shape index (κ2) is 8.06. The van der Waals surface area contributed by atoms with Gasteiger partial charge in [0.05, 0.1) is 23.7 Å². The standard InChI is InChI=1S/C23H23N5O3/c1-4-13(2)25-22(29)18-19-21(27-17-8-6-5-7-16(17)26-19)28(20(18)24)15-11-9-14(10-12-15)23(30)31-3/h5-13H,4,24H2,1-3H3,(H,25,29)/t13-/m1/s1. The summed E-state index contributed by atoms with van der Waals surface area (Å²) in [5, 5.41) is 2.96. The number of rotatable bonds is 5. The number of nitrogens with zero attached hydrogens (tertiary/aromatic N) is 3. The number of methoxy groups -OCH3 is 1. The molecule has 4 rings (SSSR count). The number of anilines is 1. The molecule has 2 aromatic carbocycles. The average molecular weight is 417 g/mol. The Labute approximate surface area is 179 Å². The van der Waals surface area contributed by atoms with Crippen LogP contribution >= 0.6 is 0 Å². The molecule has 0 radical (unpaired) electrons. The number of esters is 1. The van der Waals surface area contributed by atoms with Crippen LogP contribution in [0.3, 0.4) is 0 Å². The fourth-order valence-electron chi connectivity index (χ4n) is 3.41. The summed E-state index contributed by atoms with van der Waals surface area (Å²) in [4.78, 5) is 34.3. The molecule has 1 atom stereocenters. The Morgan fingerprint density at radius 1 is 1.10 bits per heavy atom. The molecule has 2 aromatic heterocycles. The maximum atomic E-state index is 13.1. The van der Waals surface area contributed by atoms with Gasteiger partial charge in [0.15, 0.2) is 5.65 Å². The number of hydrogen-bond donors (Lipinski definition) is 2. The van der Waals surface area contributed by atoms with E-state index >= 15 is 0 Å². The Balaban J connectivity index is 1.96. The van der Waals surface area contributed by atoms with Gasteiger partial charge >= 0.3 is 5.97 Å². The number of fused-ring (bicyclic) bond motifs is 2. The number of aromatic nitrogens is 3. The van der Waals surface area contributed by atoms with Crippen LogP contribution in [-0.4, -0.2) is 39.6 Å². The predicted octanol–water partition coefficient (Wildman–Crippen LogP) is 3.47. The zero-order valence-corrected chi connectivity index (χ0v) is 17.5. The van der Waals surface area contributed by atoms with Crippen LogP contribution in [0.1, 0.15) is 41.0 Å². The van der Waals surface area contributed by atoms with Crippen LogP contribution in [0.25, 0.3) is 27.9 Å². The maximum absolute atomic E-state index is 13.1. The van der Waals surface area contributed by atoms with Crippen molar-refractivity contribution in [3.63, 3.8) is 0 Å². The highest BCUT2D eigenvalue weighted by molar-refractivity contribution is 6.11. The Kier molecular flexibility index (Phi) is 5.29. The van der Waals surface area contributed by atoms with Crippen LogP contribution < -0.4 is 11.1 Å². The van der Waals surface area contributed by atoms with E-state index in [1.807, 2.05) is 38.1 Å². The lowest BCUT2D eigenvalue weighted by Crippen LogP contribution is -2.32. The van der Waals surface area contributed by atoms with Crippen LogP contribution in [0.5, 0.6) is 0 Å². The summed E-state index contributed by atoms with van der Waals surface area (Å²) in [6.07, 6.45) is 0.786. The highest BCUT2D eigenvalue weighted by Gasteiger charge is 2.25. The number of benzene rings is 2. The summed E-state index contributed by atoms with van der Waals surface area (Å²) in [6.45, 7) is 3.92. The van der Waals surface area contributed by atoms with Crippen molar-refractivity contribution in [3.05, 3.63) is 59.7 Å². The van der Waals surface area contributed by atoms with Gasteiger partial charge in [0.1, 0.15) is 16.9 Å². The fourth-order valence-corrected chi connectivity index (χ4v) is 3.41. The first-order chi connectivity index (χ1) is 14.9. The number of ether oxygens (including phenoxy) is 1. The molecule has 8 nitrogen and oxygen atoms in total. The molecule has 2 heterocycles. The quantitative estimate of drug-likeness (QED) is 0.481. The van der Waals surface area contributed by atoms with E-state index in [-0.39, 0.29) is 23.3 Å². The van der Waals surface area contributed by atoms with Crippen molar-refractivity contribution in [2.24, 2.45) is 0 Å². The summed E-state index contributed by atoms with van der Waals surface area (Å²) >= 11 is 0. The molecule has 4 aromatic rings. The van der Waals surface area contributed by atoms with Gasteiger partial charge in [-0.05, 0) is 49.7 Å². The molecule has 0 unspecified atom stereocenters. The minimum atomic E-state index is -0.434. The van der Waals surface area contributed by atoms with Gasteiger partial charge in [-0.3, -0.25) is 9.36 Å². The monoisotopic (exact) mass is 417 g/mol. The molecule has 31 heavy (non-hydrogen) atoms. The predicted molar refractivity (Wildman–Crippen MR) is 119 cm³/mol. The summed E-state index contributed by atoms with van der Waals surface area (Å²) < 4.78 is 6.44. The van der Waals surface area contributed by atoms with Crippen molar-refractivity contribution in [1.29, 1.82) is 0 Å². The lowest BCUT2D eigenvalue weighted by atomic mass is 10.2. The summed E-state index contributed by atoms with van der Waals surface area (Å²) in [7, 11) is 1.33. The average Bonchev–Trinajstić information content (AvgIpc) is 3.07. The minimum absolute atomic E-state index is 0.0157. The van der Waals surface area contributed by atoms with Gasteiger partial charge in [-0.25, -0.2) is 14.8 Å². The van der Waals surface area contributed by atoms with Crippen LogP contribution in [0.15, 0.2) is 48.5 Å². The first kappa shape index (κ1) is 20.3. The minimum Gasteiger partial charge on any atom is -0.465 e. The third-order valence-electron chi connectivity index (χ3n) is 5.26. The largest absolute Gasteiger partial charge is 0.465 e. The third-order valence-corrected chi connectivity index (χ3v) is 5.26. The molecule has 0 aliphatic carbocycles. The first-order valence-electron chi connectivity index (χ1n) is 10.0. The second-order valence-corrected chi connectivity index (χ2v) is 7.30. The van der Waals surface area contributed by atoms with Gasteiger partial charge in [0.2, 0.25) is 0 Å². The smallest absolute Gasteiger partial charge is 0.337 e. The van der Waals surface area contributed by atoms with E-state index in [0.29, 0.717) is 33.4 Å². The van der Waals surface area contributed by atoms with E-state index in [0.717, 1.165) is 6.42 Å². The zero-order chi connectivity index (χ0) is 22.1. The van der Waals surface area contributed by atoms with Gasteiger partial charge in [-0.15, -0.1) is 0 Å². The van der Waals surface area contributed by atoms with Gasteiger partial charge in [0, 0.05) is 11.7 Å². The van der Waals surface area contributed by atoms with E-state index in [1.165, 1.54) is 7.11 Å². The first-order valence-corrected chi connectivity index (χ1v) is 10.0. The number of nitrogens with two attached hydrogens (primary N) is 1. The Morgan fingerprint density at radius 3 is 2.35 bits per heavy atom. The molecule has 0 aliphatic rings. The van der Waals surface area contributed by atoms with Crippen molar-refractivity contribution in [3.8, 4) is 5.69 Å². The summed E-state index contributed by atoms with van der Waals surface area (Å²) in [5.74, 6) is -0.500. The van der Waals surface area contributed by atoms with Crippen LogP contribution in [0, 0.1) is 0 Å². The van der Waals surface area contributed by atoms with Gasteiger partial charge < -0.3 is 15.8 Å². The zero-order valence-electron chi connectivity index (χ0n) is 17.5. The topological polar surface area (TPSA) is 112 Å². The number of amides is 1. The van der Waals surface area contributed by atoms with E-state index < -0.39 is 5.97 Å². The molecule has 0 aliphatic heterocycles. The van der Waals surface area contributed by atoms with Gasteiger partial charge in [-0.2, -0.15) is 0 Å². The van der Waals surface area contributed by atoms with Crippen molar-refractivity contribution in [2.45, 2.75) is 26.3 Å². The molecule has 0 saturated carbocycles. The number of hydrogen-bond acceptors (Lipinski definition) is 6. The molecule has 8 heteroatoms. The van der Waals surface area contributed by atoms with Gasteiger partial charge in [0.25, 0.3) is 5.91 Å². The molecule has 0 bridgehead atoms. The Hall–Kier alpha value is -3.94. The van der Waals surface area contributed by atoms with E-state index in [1.54, 1.807) is 28.8 Å². The number of para-hydroxylation sites is 2. The Bertz CT molecular complexity index is 1290. The van der Waals surface area contributed by atoms with Crippen LogP contribution in [-0.2, 0) is 4.74 Å². The molecule has 1 amide bonds. The lowest BCUT2D eigenvalue weighted by molar-refractivity contribution is 0.0600. The maximum Gasteiger partial charge on any atom is 0.337 e. The van der Waals surface area contributed by atoms with Crippen molar-refractivity contribution in [2.75, 3.05) is 12.8 Å². The van der Waals surface area contributed by atoms with Crippen molar-refractivity contribution >= 4 is 39.9 Å². The third kappa shape index (κ3) is 3.56. The number of nitrogens with one attached hydrogen (secondary N) is 1. The molecule has 0 saturated heterocycles. The molecule has 158 valence electrons. The molecule has 0 fully saturated rings. The SMILES string of the molecule is CC[C@@H](C)NC(=O)c1c(N)n(-c2ccc(C(=O)OC)cc2)c2nc3ccccc3nc12. The summed E-state index contributed by atoms with van der Waals surface area (Å²) in [6, 6.07) is 14.2. The van der Waals surface area contributed by atoms with Crippen molar-refractivity contribution in [1.82, 2.24) is 19.9 Å². The number of carbonyl (C=O) groups is 2. The van der Waals surface area contributed by atoms with Crippen molar-refractivity contribution < 1.29 is 14.3 Å². The second-order valence-electron chi connectivity index (χ2n) is 7.30. The highest BCUT2D eigenvalue weighted by atomic mass is 16.5. The molecular formula is C23H23N5O3. The van der Waals surface area contributed by atoms with Crippen LogP contribution in [0.4, 0.5) is 5.82 Å². The molecule has 0 spiro atoms. The summed E-state index contributed by atoms with van der Waals surface area (Å²) in [5.41, 5.74) is 10.1. The molecular weight excluding hydrogens is 394 g/mol. The van der Waals surface area contributed by atoms with Crippen LogP contribution in [0.2, 0.25) is 0 Å². The Morgan fingerprint density at radius 2 is 1.74 bits per heavy atom. The number of nitrogen functional groups attached to an aromatic ring is 1. The van der Waals surface area contributed by atoms with Gasteiger partial charge in [-0.1, -0.05) is 19.1 Å². The molecule has 3 N–H and O–H groups in total. The normalized spacial score (nSPS) is 12.1. The lowest BCUT2D eigenvalue weighted by Gasteiger charge is -2.12. The number of carbonyl (C=O) groups excluding carboxylic acids is 2.